The Bertz CT molecular complexity index is 2260. The number of hydrogen-bond acceptors (Lipinski definition) is 5. The standard InChI is InChI=1S/C29H30F2S2.C21H24Br2F2.C4H5BO2S/c30-26-20-22(14-16-24(26)28-12-8-18-32-28)10-6-4-2-1-3-5-7-11-23-15-17-25(27(31)21-23)29-13-9-19-33-29;22-18-12-10-16(14-20(18)24)8-6-4-2-1-3-5-7-9-17-11-13-19(23)21(25)15-17;6-5(7)4-2-1-3-8-4/h8-9,12-21H,1-7,10-11H2;10-15H,1-9H2;1-3,6-7H. The van der Waals surface area contributed by atoms with Crippen molar-refractivity contribution in [3.63, 3.8) is 0 Å². The van der Waals surface area contributed by atoms with Crippen LogP contribution in [0, 0.1) is 23.3 Å². The number of unbranched alkanes of at least 4 members (excludes halogenated alkanes) is 12. The molecule has 7 aromatic rings. The van der Waals surface area contributed by atoms with E-state index in [-0.39, 0.29) is 23.3 Å². The smallest absolute Gasteiger partial charge is 0.423 e. The fourth-order valence-electron chi connectivity index (χ4n) is 7.60. The molecule has 7 rings (SSSR count). The summed E-state index contributed by atoms with van der Waals surface area (Å²) in [5.41, 5.74) is 5.73. The summed E-state index contributed by atoms with van der Waals surface area (Å²) >= 11 is 10.8. The third-order valence-corrected chi connectivity index (χ3v) is 15.3. The van der Waals surface area contributed by atoms with Crippen molar-refractivity contribution in [2.75, 3.05) is 0 Å². The highest BCUT2D eigenvalue weighted by molar-refractivity contribution is 9.10. The van der Waals surface area contributed by atoms with Crippen molar-refractivity contribution in [1.82, 2.24) is 0 Å². The first-order valence-corrected chi connectivity index (χ1v) is 27.2. The van der Waals surface area contributed by atoms with Crippen LogP contribution in [0.25, 0.3) is 20.9 Å². The van der Waals surface area contributed by atoms with Crippen LogP contribution in [0.3, 0.4) is 0 Å². The van der Waals surface area contributed by atoms with Gasteiger partial charge in [-0.15, -0.1) is 22.7 Å². The number of thiophene rings is 3. The lowest BCUT2D eigenvalue weighted by molar-refractivity contribution is 0.427. The van der Waals surface area contributed by atoms with E-state index in [4.69, 9.17) is 10.0 Å². The third kappa shape index (κ3) is 19.3. The molecule has 66 heavy (non-hydrogen) atoms. The van der Waals surface area contributed by atoms with Gasteiger partial charge in [0, 0.05) is 25.7 Å². The number of benzene rings is 4. The Morgan fingerprint density at radius 2 is 0.697 bits per heavy atom. The van der Waals surface area contributed by atoms with Gasteiger partial charge in [-0.2, -0.15) is 11.3 Å². The van der Waals surface area contributed by atoms with Gasteiger partial charge in [0.05, 0.1) is 8.95 Å². The van der Waals surface area contributed by atoms with Crippen LogP contribution in [0.5, 0.6) is 0 Å². The lowest BCUT2D eigenvalue weighted by atomic mass is 9.90. The normalized spacial score (nSPS) is 10.9. The minimum atomic E-state index is -1.30. The van der Waals surface area contributed by atoms with Crippen molar-refractivity contribution in [3.8, 4) is 20.9 Å². The SMILES string of the molecule is Fc1cc(CCCCCCCCCc2ccc(-c3cccs3)c(F)c2)ccc1-c1cccs1.Fc1cc(CCCCCCCCCc2ccc(Br)c(F)c2)ccc1Br.OB(O)c1cccs1. The zero-order chi connectivity index (χ0) is 46.9. The minimum Gasteiger partial charge on any atom is -0.423 e. The molecule has 3 aromatic heterocycles. The van der Waals surface area contributed by atoms with E-state index < -0.39 is 7.12 Å². The van der Waals surface area contributed by atoms with Gasteiger partial charge in [0.1, 0.15) is 23.3 Å². The van der Waals surface area contributed by atoms with Crippen LogP contribution in [-0.2, 0) is 25.7 Å². The molecule has 0 saturated heterocycles. The van der Waals surface area contributed by atoms with Gasteiger partial charge in [-0.1, -0.05) is 125 Å². The predicted octanol–water partition coefficient (Wildman–Crippen LogP) is 17.4. The first-order chi connectivity index (χ1) is 32.1. The molecular formula is C54H59BBr2F4O2S3. The maximum absolute atomic E-state index is 14.4. The molecule has 12 heteroatoms. The Kier molecular flexibility index (Phi) is 24.5. The zero-order valence-electron chi connectivity index (χ0n) is 37.3. The lowest BCUT2D eigenvalue weighted by Gasteiger charge is -2.06. The van der Waals surface area contributed by atoms with Gasteiger partial charge in [0.25, 0.3) is 0 Å². The summed E-state index contributed by atoms with van der Waals surface area (Å²) in [7, 11) is -1.30. The van der Waals surface area contributed by atoms with Gasteiger partial charge >= 0.3 is 7.12 Å². The summed E-state index contributed by atoms with van der Waals surface area (Å²) in [6, 6.07) is 33.4. The molecule has 350 valence electrons. The van der Waals surface area contributed by atoms with Crippen LogP contribution in [0.1, 0.15) is 112 Å². The molecule has 0 amide bonds. The molecule has 0 aliphatic carbocycles. The van der Waals surface area contributed by atoms with E-state index in [0.29, 0.717) is 24.8 Å². The Morgan fingerprint density at radius 3 is 0.970 bits per heavy atom. The lowest BCUT2D eigenvalue weighted by Crippen LogP contribution is -2.26. The average Bonchev–Trinajstić information content (AvgIpc) is 4.14. The molecule has 0 unspecified atom stereocenters. The van der Waals surface area contributed by atoms with E-state index in [9.17, 15) is 17.6 Å². The quantitative estimate of drug-likeness (QED) is 0.0381. The number of hydrogen-bond donors (Lipinski definition) is 2. The molecule has 3 heterocycles. The van der Waals surface area contributed by atoms with Crippen molar-refractivity contribution in [2.24, 2.45) is 0 Å². The van der Waals surface area contributed by atoms with Gasteiger partial charge in [-0.3, -0.25) is 0 Å². The Balaban J connectivity index is 0.000000217. The molecule has 0 aliphatic heterocycles. The van der Waals surface area contributed by atoms with E-state index in [1.165, 1.54) is 75.5 Å². The van der Waals surface area contributed by atoms with E-state index >= 15 is 0 Å². The van der Waals surface area contributed by atoms with Gasteiger partial charge in [-0.05, 0) is 170 Å². The van der Waals surface area contributed by atoms with Gasteiger partial charge in [0.2, 0.25) is 0 Å². The first kappa shape index (κ1) is 53.6. The van der Waals surface area contributed by atoms with Crippen LogP contribution in [0.15, 0.2) is 134 Å². The molecule has 0 saturated carbocycles. The van der Waals surface area contributed by atoms with Crippen LogP contribution in [0.2, 0.25) is 0 Å². The molecule has 0 bridgehead atoms. The van der Waals surface area contributed by atoms with Gasteiger partial charge < -0.3 is 10.0 Å². The number of aryl methyl sites for hydroxylation is 4. The summed E-state index contributed by atoms with van der Waals surface area (Å²) < 4.78 is 57.2. The van der Waals surface area contributed by atoms with E-state index in [2.05, 4.69) is 44.0 Å². The van der Waals surface area contributed by atoms with Crippen molar-refractivity contribution in [2.45, 2.75) is 116 Å². The molecule has 0 spiro atoms. The molecular weight excluding hydrogens is 1020 g/mol. The summed E-state index contributed by atoms with van der Waals surface area (Å²) in [5.74, 6) is -0.585. The molecule has 2 nitrogen and oxygen atoms in total. The Hall–Kier alpha value is -3.36. The average molecular weight is 1080 g/mol. The molecule has 0 atom stereocenters. The van der Waals surface area contributed by atoms with Gasteiger partial charge in [-0.25, -0.2) is 17.6 Å². The van der Waals surface area contributed by atoms with Crippen LogP contribution in [-0.4, -0.2) is 17.2 Å². The number of halogens is 6. The highest BCUT2D eigenvalue weighted by Crippen LogP contribution is 2.30. The fraction of sp³-hybridized carbons (Fsp3) is 0.333. The largest absolute Gasteiger partial charge is 0.499 e. The molecule has 0 fully saturated rings. The predicted molar refractivity (Wildman–Crippen MR) is 281 cm³/mol. The van der Waals surface area contributed by atoms with Crippen LogP contribution < -0.4 is 4.78 Å². The van der Waals surface area contributed by atoms with E-state index in [1.54, 1.807) is 76.6 Å². The second-order valence-corrected chi connectivity index (χ2v) is 21.0. The van der Waals surface area contributed by atoms with E-state index in [1.807, 2.05) is 59.3 Å². The first-order valence-electron chi connectivity index (χ1n) is 23.0. The topological polar surface area (TPSA) is 40.5 Å². The van der Waals surface area contributed by atoms with Crippen molar-refractivity contribution >= 4 is 77.8 Å². The Labute approximate surface area is 418 Å². The Morgan fingerprint density at radius 1 is 0.379 bits per heavy atom. The molecule has 2 N–H and O–H groups in total. The number of rotatable bonds is 23. The highest BCUT2D eigenvalue weighted by atomic mass is 79.9. The van der Waals surface area contributed by atoms with Gasteiger partial charge in [0.15, 0.2) is 0 Å². The summed E-state index contributed by atoms with van der Waals surface area (Å²) in [4.78, 5) is 1.97. The minimum absolute atomic E-state index is 0.115. The second-order valence-electron chi connectivity index (χ2n) is 16.4. The van der Waals surface area contributed by atoms with Crippen LogP contribution in [0.4, 0.5) is 17.6 Å². The molecule has 4 aromatic carbocycles. The monoisotopic (exact) mass is 1080 g/mol. The van der Waals surface area contributed by atoms with Crippen molar-refractivity contribution < 1.29 is 27.6 Å². The summed E-state index contributed by atoms with van der Waals surface area (Å²) in [6.07, 6.45) is 20.3. The third-order valence-electron chi connectivity index (χ3n) is 11.3. The molecule has 0 radical (unpaired) electrons. The maximum atomic E-state index is 14.4. The fourth-order valence-corrected chi connectivity index (χ4v) is 10.2. The second kappa shape index (κ2) is 30.2. The summed E-state index contributed by atoms with van der Waals surface area (Å²) in [6.45, 7) is 0. The van der Waals surface area contributed by atoms with Crippen molar-refractivity contribution in [3.05, 3.63) is 180 Å². The maximum Gasteiger partial charge on any atom is 0.499 e. The highest BCUT2D eigenvalue weighted by Gasteiger charge is 2.11. The molecule has 0 aliphatic rings. The zero-order valence-corrected chi connectivity index (χ0v) is 42.9. The van der Waals surface area contributed by atoms with Crippen LogP contribution >= 0.6 is 65.9 Å². The summed E-state index contributed by atoms with van der Waals surface area (Å²) in [5, 5.41) is 22.7. The van der Waals surface area contributed by atoms with E-state index in [0.717, 1.165) is 83.4 Å². The van der Waals surface area contributed by atoms with Crippen molar-refractivity contribution in [1.29, 1.82) is 0 Å².